The van der Waals surface area contributed by atoms with Crippen molar-refractivity contribution in [2.75, 3.05) is 5.75 Å². The molecule has 0 aliphatic rings. The molecule has 1 aromatic carbocycles. The smallest absolute Gasteiger partial charge is 0.313 e. The van der Waals surface area contributed by atoms with Crippen molar-refractivity contribution in [3.8, 4) is 11.3 Å². The molecule has 2 aromatic rings. The molecule has 0 unspecified atom stereocenters. The average Bonchev–Trinajstić information content (AvgIpc) is 2.38. The van der Waals surface area contributed by atoms with Gasteiger partial charge < -0.3 is 5.11 Å². The molecule has 0 fully saturated rings. The first-order chi connectivity index (χ1) is 8.25. The van der Waals surface area contributed by atoms with Gasteiger partial charge in [0, 0.05) is 5.56 Å². The minimum Gasteiger partial charge on any atom is -0.481 e. The topological polar surface area (TPSA) is 63.1 Å². The van der Waals surface area contributed by atoms with Crippen LogP contribution in [0, 0.1) is 0 Å². The number of hydrogen-bond donors (Lipinski definition) is 1. The summed E-state index contributed by atoms with van der Waals surface area (Å²) in [5, 5.41) is 9.26. The lowest BCUT2D eigenvalue weighted by Gasteiger charge is -2.02. The minimum atomic E-state index is -0.852. The van der Waals surface area contributed by atoms with E-state index in [1.807, 2.05) is 30.3 Å². The maximum atomic E-state index is 10.5. The molecule has 4 nitrogen and oxygen atoms in total. The molecule has 5 heteroatoms. The molecule has 0 amide bonds. The number of aromatic nitrogens is 2. The van der Waals surface area contributed by atoms with E-state index in [1.54, 1.807) is 6.07 Å². The Morgan fingerprint density at radius 1 is 1.24 bits per heavy atom. The van der Waals surface area contributed by atoms with Crippen LogP contribution in [0.3, 0.4) is 0 Å². The maximum Gasteiger partial charge on any atom is 0.313 e. The first-order valence-electron chi connectivity index (χ1n) is 4.98. The van der Waals surface area contributed by atoms with Gasteiger partial charge in [-0.25, -0.2) is 9.97 Å². The third-order valence-corrected chi connectivity index (χ3v) is 2.97. The molecule has 1 N–H and O–H groups in total. The number of carbonyl (C=O) groups is 1. The molecule has 17 heavy (non-hydrogen) atoms. The molecule has 0 bridgehead atoms. The number of rotatable bonds is 4. The van der Waals surface area contributed by atoms with E-state index in [1.165, 1.54) is 18.1 Å². The summed E-state index contributed by atoms with van der Waals surface area (Å²) in [6.45, 7) is 0. The molecule has 0 saturated heterocycles. The van der Waals surface area contributed by atoms with E-state index in [4.69, 9.17) is 5.11 Å². The SMILES string of the molecule is O=C(O)CSc1cc(-c2ccccc2)ncn1. The summed E-state index contributed by atoms with van der Waals surface area (Å²) in [6, 6.07) is 11.5. The van der Waals surface area contributed by atoms with Crippen molar-refractivity contribution < 1.29 is 9.90 Å². The lowest BCUT2D eigenvalue weighted by atomic mass is 10.1. The standard InChI is InChI=1S/C12H10N2O2S/c15-12(16)7-17-11-6-10(13-8-14-11)9-4-2-1-3-5-9/h1-6,8H,7H2,(H,15,16). The highest BCUT2D eigenvalue weighted by atomic mass is 32.2. The van der Waals surface area contributed by atoms with Crippen molar-refractivity contribution in [2.24, 2.45) is 0 Å². The van der Waals surface area contributed by atoms with Gasteiger partial charge in [0.15, 0.2) is 0 Å². The first-order valence-corrected chi connectivity index (χ1v) is 5.96. The average molecular weight is 246 g/mol. The second-order valence-electron chi connectivity index (χ2n) is 3.29. The van der Waals surface area contributed by atoms with Crippen LogP contribution in [0.2, 0.25) is 0 Å². The van der Waals surface area contributed by atoms with Gasteiger partial charge in [0.25, 0.3) is 0 Å². The Morgan fingerprint density at radius 3 is 2.71 bits per heavy atom. The van der Waals surface area contributed by atoms with Crippen molar-refractivity contribution >= 4 is 17.7 Å². The van der Waals surface area contributed by atoms with Gasteiger partial charge in [-0.2, -0.15) is 0 Å². The van der Waals surface area contributed by atoms with Crippen molar-refractivity contribution in [1.82, 2.24) is 9.97 Å². The Kier molecular flexibility index (Phi) is 3.72. The van der Waals surface area contributed by atoms with Gasteiger partial charge in [0.05, 0.1) is 11.4 Å². The van der Waals surface area contributed by atoms with Gasteiger partial charge in [-0.3, -0.25) is 4.79 Å². The van der Waals surface area contributed by atoms with Crippen LogP contribution in [0.15, 0.2) is 47.8 Å². The van der Waals surface area contributed by atoms with Crippen LogP contribution >= 0.6 is 11.8 Å². The number of aliphatic carboxylic acids is 1. The second kappa shape index (κ2) is 5.45. The predicted molar refractivity (Wildman–Crippen MR) is 65.8 cm³/mol. The summed E-state index contributed by atoms with van der Waals surface area (Å²) < 4.78 is 0. The number of carboxylic acids is 1. The predicted octanol–water partition coefficient (Wildman–Crippen LogP) is 2.32. The van der Waals surface area contributed by atoms with Gasteiger partial charge in [-0.15, -0.1) is 0 Å². The van der Waals surface area contributed by atoms with Crippen molar-refractivity contribution in [3.63, 3.8) is 0 Å². The highest BCUT2D eigenvalue weighted by Crippen LogP contribution is 2.21. The molecular weight excluding hydrogens is 236 g/mol. The Bertz CT molecular complexity index is 517. The second-order valence-corrected chi connectivity index (χ2v) is 4.29. The highest BCUT2D eigenvalue weighted by molar-refractivity contribution is 7.99. The summed E-state index contributed by atoms with van der Waals surface area (Å²) in [7, 11) is 0. The molecule has 0 spiro atoms. The largest absolute Gasteiger partial charge is 0.481 e. The highest BCUT2D eigenvalue weighted by Gasteiger charge is 2.04. The van der Waals surface area contributed by atoms with Crippen LogP contribution in [-0.4, -0.2) is 26.8 Å². The van der Waals surface area contributed by atoms with Gasteiger partial charge in [0.1, 0.15) is 11.4 Å². The van der Waals surface area contributed by atoms with E-state index < -0.39 is 5.97 Å². The summed E-state index contributed by atoms with van der Waals surface area (Å²) in [4.78, 5) is 18.7. The molecule has 0 saturated carbocycles. The molecule has 0 aliphatic carbocycles. The molecule has 0 aliphatic heterocycles. The van der Waals surface area contributed by atoms with Crippen molar-refractivity contribution in [2.45, 2.75) is 5.03 Å². The Hall–Kier alpha value is -1.88. The van der Waals surface area contributed by atoms with Crippen LogP contribution in [-0.2, 0) is 4.79 Å². The van der Waals surface area contributed by atoms with E-state index in [0.29, 0.717) is 5.03 Å². The zero-order chi connectivity index (χ0) is 12.1. The van der Waals surface area contributed by atoms with Crippen LogP contribution in [0.25, 0.3) is 11.3 Å². The van der Waals surface area contributed by atoms with E-state index in [0.717, 1.165) is 11.3 Å². The molecular formula is C12H10N2O2S. The summed E-state index contributed by atoms with van der Waals surface area (Å²) in [6.07, 6.45) is 1.45. The number of carboxylic acid groups (broad SMARTS) is 1. The zero-order valence-corrected chi connectivity index (χ0v) is 9.72. The fourth-order valence-corrected chi connectivity index (χ4v) is 1.91. The van der Waals surface area contributed by atoms with E-state index in [9.17, 15) is 4.79 Å². The Balaban J connectivity index is 2.20. The summed E-state index contributed by atoms with van der Waals surface area (Å²) >= 11 is 1.19. The van der Waals surface area contributed by atoms with Crippen LogP contribution in [0.5, 0.6) is 0 Å². The van der Waals surface area contributed by atoms with E-state index in [2.05, 4.69) is 9.97 Å². The molecule has 86 valence electrons. The van der Waals surface area contributed by atoms with Crippen LogP contribution < -0.4 is 0 Å². The third kappa shape index (κ3) is 3.29. The first kappa shape index (κ1) is 11.6. The van der Waals surface area contributed by atoms with Crippen LogP contribution in [0.4, 0.5) is 0 Å². The molecule has 0 atom stereocenters. The minimum absolute atomic E-state index is 0.00520. The van der Waals surface area contributed by atoms with Crippen molar-refractivity contribution in [3.05, 3.63) is 42.7 Å². The van der Waals surface area contributed by atoms with Crippen molar-refractivity contribution in [1.29, 1.82) is 0 Å². The lowest BCUT2D eigenvalue weighted by Crippen LogP contribution is -1.98. The Morgan fingerprint density at radius 2 is 2.00 bits per heavy atom. The fraction of sp³-hybridized carbons (Fsp3) is 0.0833. The molecule has 0 radical (unpaired) electrons. The lowest BCUT2D eigenvalue weighted by molar-refractivity contribution is -0.133. The van der Waals surface area contributed by atoms with Gasteiger partial charge in [0.2, 0.25) is 0 Å². The summed E-state index contributed by atoms with van der Waals surface area (Å²) in [5.41, 5.74) is 1.79. The monoisotopic (exact) mass is 246 g/mol. The maximum absolute atomic E-state index is 10.5. The number of hydrogen-bond acceptors (Lipinski definition) is 4. The van der Waals surface area contributed by atoms with Gasteiger partial charge in [-0.05, 0) is 6.07 Å². The van der Waals surface area contributed by atoms with Gasteiger partial charge in [-0.1, -0.05) is 42.1 Å². The van der Waals surface area contributed by atoms with Gasteiger partial charge >= 0.3 is 5.97 Å². The number of thioether (sulfide) groups is 1. The number of benzene rings is 1. The summed E-state index contributed by atoms with van der Waals surface area (Å²) in [5.74, 6) is -0.847. The molecule has 1 aromatic heterocycles. The molecule has 2 rings (SSSR count). The zero-order valence-electron chi connectivity index (χ0n) is 8.91. The Labute approximate surface area is 103 Å². The third-order valence-electron chi connectivity index (χ3n) is 2.06. The van der Waals surface area contributed by atoms with E-state index >= 15 is 0 Å². The fourth-order valence-electron chi connectivity index (χ4n) is 1.32. The van der Waals surface area contributed by atoms with E-state index in [-0.39, 0.29) is 5.75 Å². The van der Waals surface area contributed by atoms with Crippen LogP contribution in [0.1, 0.15) is 0 Å². The quantitative estimate of drug-likeness (QED) is 0.662. The normalized spacial score (nSPS) is 10.1. The molecule has 1 heterocycles. The number of nitrogens with zero attached hydrogens (tertiary/aromatic N) is 2.